The number of methoxy groups -OCH3 is 1. The predicted octanol–water partition coefficient (Wildman–Crippen LogP) is 2.96. The number of benzene rings is 1. The number of carbonyl (C=O) groups excluding carboxylic acids is 2. The molecule has 1 aromatic carbocycles. The molecule has 1 unspecified atom stereocenters. The Morgan fingerprint density at radius 1 is 1.33 bits per heavy atom. The highest BCUT2D eigenvalue weighted by Gasteiger charge is 2.43. The third-order valence-corrected chi connectivity index (χ3v) is 4.61. The van der Waals surface area contributed by atoms with Crippen molar-refractivity contribution < 1.29 is 19.4 Å². The lowest BCUT2D eigenvalue weighted by atomic mass is 9.92. The molecule has 6 nitrogen and oxygen atoms in total. The van der Waals surface area contributed by atoms with Crippen LogP contribution >= 0.6 is 0 Å². The summed E-state index contributed by atoms with van der Waals surface area (Å²) in [5.74, 6) is -0.289. The van der Waals surface area contributed by atoms with E-state index in [1.54, 1.807) is 12.0 Å². The lowest BCUT2D eigenvalue weighted by Gasteiger charge is -2.27. The van der Waals surface area contributed by atoms with Crippen LogP contribution in [0.1, 0.15) is 38.3 Å². The maximum atomic E-state index is 12.8. The van der Waals surface area contributed by atoms with Gasteiger partial charge in [0.2, 0.25) is 0 Å². The van der Waals surface area contributed by atoms with Gasteiger partial charge in [-0.3, -0.25) is 9.59 Å². The SMILES string of the molecule is COc1cccc(C2C(C(=O)CC(C)C)=C(O)C(=O)N2CCCN(C)C)c1. The molecule has 0 aromatic heterocycles. The predicted molar refractivity (Wildman–Crippen MR) is 105 cm³/mol. The summed E-state index contributed by atoms with van der Waals surface area (Å²) in [6.07, 6.45) is 1.04. The number of ketones is 1. The Labute approximate surface area is 161 Å². The van der Waals surface area contributed by atoms with E-state index >= 15 is 0 Å². The highest BCUT2D eigenvalue weighted by Crippen LogP contribution is 2.39. The van der Waals surface area contributed by atoms with Gasteiger partial charge in [0.05, 0.1) is 18.7 Å². The van der Waals surface area contributed by atoms with Crippen molar-refractivity contribution in [1.29, 1.82) is 0 Å². The molecule has 0 bridgehead atoms. The van der Waals surface area contributed by atoms with E-state index in [9.17, 15) is 14.7 Å². The third-order valence-electron chi connectivity index (χ3n) is 4.61. The van der Waals surface area contributed by atoms with Gasteiger partial charge in [0.1, 0.15) is 5.75 Å². The molecule has 0 radical (unpaired) electrons. The van der Waals surface area contributed by atoms with Crippen LogP contribution in [0, 0.1) is 5.92 Å². The molecule has 2 rings (SSSR count). The van der Waals surface area contributed by atoms with Crippen molar-refractivity contribution in [2.75, 3.05) is 34.3 Å². The van der Waals surface area contributed by atoms with Crippen LogP contribution in [-0.4, -0.2) is 60.9 Å². The van der Waals surface area contributed by atoms with Gasteiger partial charge in [0.15, 0.2) is 11.5 Å². The van der Waals surface area contributed by atoms with E-state index < -0.39 is 17.7 Å². The number of carbonyl (C=O) groups is 2. The fourth-order valence-electron chi connectivity index (χ4n) is 3.37. The average molecular weight is 374 g/mol. The second kappa shape index (κ2) is 9.04. The first-order valence-electron chi connectivity index (χ1n) is 9.32. The number of hydrogen-bond acceptors (Lipinski definition) is 5. The fourth-order valence-corrected chi connectivity index (χ4v) is 3.37. The molecule has 1 N–H and O–H groups in total. The molecule has 0 aliphatic carbocycles. The minimum Gasteiger partial charge on any atom is -0.503 e. The zero-order chi connectivity index (χ0) is 20.1. The molecule has 1 heterocycles. The van der Waals surface area contributed by atoms with Crippen LogP contribution in [0.3, 0.4) is 0 Å². The zero-order valence-electron chi connectivity index (χ0n) is 16.9. The lowest BCUT2D eigenvalue weighted by Crippen LogP contribution is -2.33. The molecule has 0 fully saturated rings. The summed E-state index contributed by atoms with van der Waals surface area (Å²) in [5.41, 5.74) is 0.968. The van der Waals surface area contributed by atoms with Gasteiger partial charge in [-0.15, -0.1) is 0 Å². The summed E-state index contributed by atoms with van der Waals surface area (Å²) in [7, 11) is 5.52. The van der Waals surface area contributed by atoms with Crippen LogP contribution in [0.25, 0.3) is 0 Å². The Morgan fingerprint density at radius 2 is 2.04 bits per heavy atom. The molecule has 0 saturated carbocycles. The van der Waals surface area contributed by atoms with Crippen molar-refractivity contribution in [3.63, 3.8) is 0 Å². The topological polar surface area (TPSA) is 70.1 Å². The van der Waals surface area contributed by atoms with Gasteiger partial charge in [-0.1, -0.05) is 26.0 Å². The Balaban J connectivity index is 2.42. The van der Waals surface area contributed by atoms with Crippen LogP contribution in [0.15, 0.2) is 35.6 Å². The van der Waals surface area contributed by atoms with Crippen LogP contribution in [0.5, 0.6) is 5.75 Å². The minimum atomic E-state index is -0.582. The summed E-state index contributed by atoms with van der Waals surface area (Å²) in [4.78, 5) is 29.2. The summed E-state index contributed by atoms with van der Waals surface area (Å²) >= 11 is 0. The number of aliphatic hydroxyl groups is 1. The number of nitrogens with zero attached hydrogens (tertiary/aromatic N) is 2. The molecule has 6 heteroatoms. The Hall–Kier alpha value is -2.34. The largest absolute Gasteiger partial charge is 0.503 e. The first-order chi connectivity index (χ1) is 12.8. The summed E-state index contributed by atoms with van der Waals surface area (Å²) < 4.78 is 5.30. The Kier molecular flexibility index (Phi) is 7.02. The van der Waals surface area contributed by atoms with E-state index in [1.807, 2.05) is 57.1 Å². The van der Waals surface area contributed by atoms with Gasteiger partial charge in [0, 0.05) is 13.0 Å². The average Bonchev–Trinajstić information content (AvgIpc) is 2.86. The Bertz CT molecular complexity index is 725. The van der Waals surface area contributed by atoms with E-state index in [4.69, 9.17) is 4.74 Å². The van der Waals surface area contributed by atoms with Crippen molar-refractivity contribution in [3.05, 3.63) is 41.2 Å². The molecule has 1 aliphatic rings. The highest BCUT2D eigenvalue weighted by atomic mass is 16.5. The Morgan fingerprint density at radius 3 is 2.63 bits per heavy atom. The molecule has 1 atom stereocenters. The maximum absolute atomic E-state index is 12.8. The standard InChI is InChI=1S/C21H30N2O4/c1-14(2)12-17(24)18-19(15-8-6-9-16(13-15)27-5)23(21(26)20(18)25)11-7-10-22(3)4/h6,8-9,13-14,19,25H,7,10-12H2,1-5H3. The normalized spacial score (nSPS) is 17.4. The van der Waals surface area contributed by atoms with Gasteiger partial charge >= 0.3 is 0 Å². The molecule has 0 saturated heterocycles. The van der Waals surface area contributed by atoms with Gasteiger partial charge in [-0.25, -0.2) is 0 Å². The smallest absolute Gasteiger partial charge is 0.290 e. The van der Waals surface area contributed by atoms with Gasteiger partial charge < -0.3 is 19.6 Å². The molecule has 1 amide bonds. The van der Waals surface area contributed by atoms with E-state index in [2.05, 4.69) is 0 Å². The summed E-state index contributed by atoms with van der Waals surface area (Å²) in [5, 5.41) is 10.5. The molecular weight excluding hydrogens is 344 g/mol. The van der Waals surface area contributed by atoms with E-state index in [-0.39, 0.29) is 17.3 Å². The van der Waals surface area contributed by atoms with E-state index in [1.165, 1.54) is 0 Å². The first kappa shape index (κ1) is 21.0. The van der Waals surface area contributed by atoms with Gasteiger partial charge in [0.25, 0.3) is 5.91 Å². The van der Waals surface area contributed by atoms with E-state index in [0.717, 1.165) is 18.5 Å². The van der Waals surface area contributed by atoms with Crippen LogP contribution < -0.4 is 4.74 Å². The molecule has 1 aliphatic heterocycles. The quantitative estimate of drug-likeness (QED) is 0.720. The van der Waals surface area contributed by atoms with Crippen molar-refractivity contribution in [2.45, 2.75) is 32.7 Å². The molecule has 148 valence electrons. The molecular formula is C21H30N2O4. The first-order valence-corrected chi connectivity index (χ1v) is 9.32. The zero-order valence-corrected chi connectivity index (χ0v) is 16.9. The number of aliphatic hydroxyl groups excluding tert-OH is 1. The maximum Gasteiger partial charge on any atom is 0.290 e. The van der Waals surface area contributed by atoms with E-state index in [0.29, 0.717) is 18.7 Å². The highest BCUT2D eigenvalue weighted by molar-refractivity contribution is 6.09. The van der Waals surface area contributed by atoms with Gasteiger partial charge in [-0.2, -0.15) is 0 Å². The summed E-state index contributed by atoms with van der Waals surface area (Å²) in [6, 6.07) is 6.74. The van der Waals surface area contributed by atoms with Crippen molar-refractivity contribution in [2.24, 2.45) is 5.92 Å². The monoisotopic (exact) mass is 374 g/mol. The summed E-state index contributed by atoms with van der Waals surface area (Å²) in [6.45, 7) is 5.16. The number of amides is 1. The number of hydrogen-bond donors (Lipinski definition) is 1. The number of ether oxygens (including phenoxy) is 1. The number of rotatable bonds is 9. The second-order valence-corrected chi connectivity index (χ2v) is 7.62. The van der Waals surface area contributed by atoms with Gasteiger partial charge in [-0.05, 0) is 50.7 Å². The van der Waals surface area contributed by atoms with Crippen LogP contribution in [0.2, 0.25) is 0 Å². The van der Waals surface area contributed by atoms with Crippen LogP contribution in [-0.2, 0) is 9.59 Å². The second-order valence-electron chi connectivity index (χ2n) is 7.62. The lowest BCUT2D eigenvalue weighted by molar-refractivity contribution is -0.129. The minimum absolute atomic E-state index is 0.140. The van der Waals surface area contributed by atoms with Crippen molar-refractivity contribution >= 4 is 11.7 Å². The number of Topliss-reactive ketones (excluding diaryl/α,β-unsaturated/α-hetero) is 1. The van der Waals surface area contributed by atoms with Crippen molar-refractivity contribution in [3.8, 4) is 5.75 Å². The molecule has 0 spiro atoms. The van der Waals surface area contributed by atoms with Crippen molar-refractivity contribution in [1.82, 2.24) is 9.80 Å². The fraction of sp³-hybridized carbons (Fsp3) is 0.524. The van der Waals surface area contributed by atoms with Crippen LogP contribution in [0.4, 0.5) is 0 Å². The molecule has 1 aromatic rings. The third kappa shape index (κ3) is 4.89. The molecule has 27 heavy (non-hydrogen) atoms.